The highest BCUT2D eigenvalue weighted by Gasteiger charge is 2.15. The second-order valence-corrected chi connectivity index (χ2v) is 3.78. The van der Waals surface area contributed by atoms with E-state index in [1.807, 2.05) is 25.4 Å². The minimum atomic E-state index is -0.205. The molecule has 0 radical (unpaired) electrons. The maximum absolute atomic E-state index is 6.21. The Hall–Kier alpha value is -1.68. The molecule has 0 bridgehead atoms. The molecule has 0 fully saturated rings. The van der Waals surface area contributed by atoms with E-state index in [9.17, 15) is 0 Å². The highest BCUT2D eigenvalue weighted by molar-refractivity contribution is 5.29. The van der Waals surface area contributed by atoms with E-state index in [4.69, 9.17) is 5.73 Å². The Morgan fingerprint density at radius 3 is 2.94 bits per heavy atom. The van der Waals surface area contributed by atoms with E-state index >= 15 is 0 Å². The van der Waals surface area contributed by atoms with Crippen molar-refractivity contribution in [2.75, 3.05) is 0 Å². The average Bonchev–Trinajstić information content (AvgIpc) is 2.77. The third-order valence-electron chi connectivity index (χ3n) is 2.78. The van der Waals surface area contributed by atoms with Gasteiger partial charge in [-0.15, -0.1) is 0 Å². The lowest BCUT2D eigenvalue weighted by molar-refractivity contribution is 0.653. The van der Waals surface area contributed by atoms with E-state index in [1.165, 1.54) is 0 Å². The van der Waals surface area contributed by atoms with E-state index in [0.717, 1.165) is 23.5 Å². The van der Waals surface area contributed by atoms with Crippen LogP contribution in [-0.4, -0.2) is 14.5 Å². The summed E-state index contributed by atoms with van der Waals surface area (Å²) in [5.41, 5.74) is 8.39. The third-order valence-corrected chi connectivity index (χ3v) is 2.78. The lowest BCUT2D eigenvalue weighted by Gasteiger charge is -2.14. The van der Waals surface area contributed by atoms with E-state index in [2.05, 4.69) is 21.5 Å². The molecule has 84 valence electrons. The first kappa shape index (κ1) is 10.8. The largest absolute Gasteiger partial charge is 0.334 e. The second-order valence-electron chi connectivity index (χ2n) is 3.78. The van der Waals surface area contributed by atoms with Crippen molar-refractivity contribution in [3.8, 4) is 0 Å². The molecule has 0 amide bonds. The summed E-state index contributed by atoms with van der Waals surface area (Å²) in [7, 11) is 0. The summed E-state index contributed by atoms with van der Waals surface area (Å²) < 4.78 is 2.05. The topological polar surface area (TPSA) is 56.7 Å². The van der Waals surface area contributed by atoms with Gasteiger partial charge in [0.25, 0.3) is 0 Å². The molecule has 4 nitrogen and oxygen atoms in total. The number of aryl methyl sites for hydroxylation is 2. The Kier molecular flexibility index (Phi) is 3.01. The fraction of sp³-hybridized carbons (Fsp3) is 0.333. The van der Waals surface area contributed by atoms with Gasteiger partial charge in [-0.05, 0) is 31.0 Å². The van der Waals surface area contributed by atoms with Crippen molar-refractivity contribution in [3.63, 3.8) is 0 Å². The number of hydrogen-bond donors (Lipinski definition) is 1. The summed E-state index contributed by atoms with van der Waals surface area (Å²) in [6, 6.07) is 1.76. The molecule has 16 heavy (non-hydrogen) atoms. The molecule has 0 saturated heterocycles. The van der Waals surface area contributed by atoms with Crippen molar-refractivity contribution in [1.82, 2.24) is 14.5 Å². The Bertz CT molecular complexity index is 475. The van der Waals surface area contributed by atoms with E-state index in [1.54, 1.807) is 12.4 Å². The van der Waals surface area contributed by atoms with Gasteiger partial charge in [0.2, 0.25) is 0 Å². The Morgan fingerprint density at radius 1 is 1.44 bits per heavy atom. The van der Waals surface area contributed by atoms with Crippen LogP contribution < -0.4 is 5.73 Å². The predicted molar refractivity (Wildman–Crippen MR) is 62.9 cm³/mol. The molecule has 0 aromatic carbocycles. The summed E-state index contributed by atoms with van der Waals surface area (Å²) in [6.45, 7) is 4.99. The smallest absolute Gasteiger partial charge is 0.130 e. The molecule has 1 atom stereocenters. The molecule has 0 aliphatic carbocycles. The zero-order valence-corrected chi connectivity index (χ0v) is 9.59. The molecule has 2 aromatic rings. The van der Waals surface area contributed by atoms with Crippen LogP contribution >= 0.6 is 0 Å². The van der Waals surface area contributed by atoms with Gasteiger partial charge in [-0.2, -0.15) is 0 Å². The molecule has 0 aliphatic rings. The van der Waals surface area contributed by atoms with Gasteiger partial charge >= 0.3 is 0 Å². The number of hydrogen-bond acceptors (Lipinski definition) is 3. The average molecular weight is 216 g/mol. The maximum atomic E-state index is 6.21. The fourth-order valence-electron chi connectivity index (χ4n) is 1.81. The number of nitrogens with two attached hydrogens (primary N) is 1. The normalized spacial score (nSPS) is 12.7. The number of rotatable bonds is 3. The molecular formula is C12H16N4. The third kappa shape index (κ3) is 1.84. The first-order valence-electron chi connectivity index (χ1n) is 5.41. The summed E-state index contributed by atoms with van der Waals surface area (Å²) in [5.74, 6) is 0.888. The molecular weight excluding hydrogens is 200 g/mol. The van der Waals surface area contributed by atoms with Crippen molar-refractivity contribution < 1.29 is 0 Å². The predicted octanol–water partition coefficient (Wildman–Crippen LogP) is 1.65. The highest BCUT2D eigenvalue weighted by atomic mass is 15.1. The number of aromatic nitrogens is 3. The highest BCUT2D eigenvalue weighted by Crippen LogP contribution is 2.20. The second kappa shape index (κ2) is 4.45. The Balaban J connectivity index is 2.39. The van der Waals surface area contributed by atoms with Gasteiger partial charge in [0.05, 0.1) is 6.04 Å². The zero-order valence-electron chi connectivity index (χ0n) is 9.59. The van der Waals surface area contributed by atoms with E-state index in [0.29, 0.717) is 0 Å². The fourth-order valence-corrected chi connectivity index (χ4v) is 1.81. The van der Waals surface area contributed by atoms with Crippen LogP contribution in [0.5, 0.6) is 0 Å². The van der Waals surface area contributed by atoms with Gasteiger partial charge in [0, 0.05) is 31.3 Å². The Labute approximate surface area is 95.1 Å². The number of pyridine rings is 1. The molecule has 0 spiro atoms. The van der Waals surface area contributed by atoms with Crippen LogP contribution in [0.25, 0.3) is 0 Å². The van der Waals surface area contributed by atoms with Gasteiger partial charge in [0.1, 0.15) is 5.82 Å². The molecule has 4 heteroatoms. The van der Waals surface area contributed by atoms with Crippen LogP contribution in [0.1, 0.15) is 29.9 Å². The summed E-state index contributed by atoms with van der Waals surface area (Å²) in [4.78, 5) is 8.43. The van der Waals surface area contributed by atoms with Gasteiger partial charge in [-0.3, -0.25) is 4.98 Å². The molecule has 2 aromatic heterocycles. The van der Waals surface area contributed by atoms with Crippen molar-refractivity contribution in [1.29, 1.82) is 0 Å². The SMILES string of the molecule is CCn1ccnc1C(N)c1cnccc1C. The number of nitrogens with zero attached hydrogens (tertiary/aromatic N) is 3. The minimum absolute atomic E-state index is 0.205. The lowest BCUT2D eigenvalue weighted by atomic mass is 10.0. The molecule has 1 unspecified atom stereocenters. The first-order valence-corrected chi connectivity index (χ1v) is 5.41. The van der Waals surface area contributed by atoms with Crippen LogP contribution in [0.4, 0.5) is 0 Å². The van der Waals surface area contributed by atoms with Crippen LogP contribution in [0.3, 0.4) is 0 Å². The van der Waals surface area contributed by atoms with E-state index in [-0.39, 0.29) is 6.04 Å². The molecule has 0 aliphatic heterocycles. The summed E-state index contributed by atoms with van der Waals surface area (Å²) in [6.07, 6.45) is 7.32. The van der Waals surface area contributed by atoms with Gasteiger partial charge < -0.3 is 10.3 Å². The van der Waals surface area contributed by atoms with Crippen molar-refractivity contribution >= 4 is 0 Å². The van der Waals surface area contributed by atoms with Crippen LogP contribution in [0.2, 0.25) is 0 Å². The van der Waals surface area contributed by atoms with Crippen molar-refractivity contribution in [2.24, 2.45) is 5.73 Å². The van der Waals surface area contributed by atoms with Crippen LogP contribution in [0.15, 0.2) is 30.9 Å². The van der Waals surface area contributed by atoms with Crippen LogP contribution in [0, 0.1) is 6.92 Å². The molecule has 0 saturated carbocycles. The number of imidazole rings is 1. The monoisotopic (exact) mass is 216 g/mol. The van der Waals surface area contributed by atoms with E-state index < -0.39 is 0 Å². The van der Waals surface area contributed by atoms with Crippen molar-refractivity contribution in [3.05, 3.63) is 47.8 Å². The molecule has 2 N–H and O–H groups in total. The maximum Gasteiger partial charge on any atom is 0.130 e. The van der Waals surface area contributed by atoms with Gasteiger partial charge in [0.15, 0.2) is 0 Å². The summed E-state index contributed by atoms with van der Waals surface area (Å²) in [5, 5.41) is 0. The lowest BCUT2D eigenvalue weighted by Crippen LogP contribution is -2.18. The van der Waals surface area contributed by atoms with Crippen molar-refractivity contribution in [2.45, 2.75) is 26.4 Å². The molecule has 2 rings (SSSR count). The van der Waals surface area contributed by atoms with Crippen LogP contribution in [-0.2, 0) is 6.54 Å². The van der Waals surface area contributed by atoms with Gasteiger partial charge in [-0.1, -0.05) is 0 Å². The first-order chi connectivity index (χ1) is 7.74. The molecule has 2 heterocycles. The standard InChI is InChI=1S/C12H16N4/c1-3-16-7-6-15-12(16)11(13)10-8-14-5-4-9(10)2/h4-8,11H,3,13H2,1-2H3. The quantitative estimate of drug-likeness (QED) is 0.848. The van der Waals surface area contributed by atoms with Gasteiger partial charge in [-0.25, -0.2) is 4.98 Å². The Morgan fingerprint density at radius 2 is 2.25 bits per heavy atom. The summed E-state index contributed by atoms with van der Waals surface area (Å²) >= 11 is 0. The minimum Gasteiger partial charge on any atom is -0.334 e. The zero-order chi connectivity index (χ0) is 11.5.